The number of likely N-dealkylation sites (tertiary alicyclic amines) is 1. The van der Waals surface area contributed by atoms with Crippen LogP contribution < -0.4 is 5.32 Å². The molecule has 1 N–H and O–H groups in total. The number of carbonyl (C=O) groups excluding carboxylic acids is 1. The normalized spacial score (nSPS) is 14.9. The van der Waals surface area contributed by atoms with Crippen molar-refractivity contribution >= 4 is 17.7 Å². The van der Waals surface area contributed by atoms with Crippen LogP contribution in [-0.2, 0) is 11.3 Å². The molecule has 0 aliphatic carbocycles. The Morgan fingerprint density at radius 3 is 2.59 bits per heavy atom. The van der Waals surface area contributed by atoms with Crippen molar-refractivity contribution in [2.24, 2.45) is 0 Å². The average Bonchev–Trinajstić information content (AvgIpc) is 3.40. The fourth-order valence-corrected chi connectivity index (χ4v) is 4.73. The summed E-state index contributed by atoms with van der Waals surface area (Å²) in [4.78, 5) is 14.9. The highest BCUT2D eigenvalue weighted by atomic mass is 32.2. The lowest BCUT2D eigenvalue weighted by molar-refractivity contribution is -0.118. The van der Waals surface area contributed by atoms with E-state index in [4.69, 9.17) is 4.42 Å². The Bertz CT molecular complexity index is 950. The Hall–Kier alpha value is -2.58. The molecule has 0 spiro atoms. The van der Waals surface area contributed by atoms with Crippen LogP contribution in [0.15, 0.2) is 58.3 Å². The average molecular weight is 454 g/mol. The van der Waals surface area contributed by atoms with E-state index in [0.29, 0.717) is 35.6 Å². The molecule has 1 saturated heterocycles. The third kappa shape index (κ3) is 6.46. The van der Waals surface area contributed by atoms with Gasteiger partial charge >= 0.3 is 0 Å². The topological polar surface area (TPSA) is 76.2 Å². The maximum atomic E-state index is 12.4. The van der Waals surface area contributed by atoms with Gasteiger partial charge in [0.2, 0.25) is 11.7 Å². The Morgan fingerprint density at radius 2 is 1.84 bits per heavy atom. The zero-order chi connectivity index (χ0) is 22.0. The monoisotopic (exact) mass is 453 g/mol. The summed E-state index contributed by atoms with van der Waals surface area (Å²) in [7, 11) is 0. The van der Waals surface area contributed by atoms with Gasteiger partial charge in [0.1, 0.15) is 0 Å². The van der Waals surface area contributed by atoms with Gasteiger partial charge in [-0.05, 0) is 56.6 Å². The largest absolute Gasteiger partial charge is 0.461 e. The Balaban J connectivity index is 1.30. The minimum atomic E-state index is 0.0275. The van der Waals surface area contributed by atoms with E-state index >= 15 is 0 Å². The van der Waals surface area contributed by atoms with Crippen LogP contribution in [0.2, 0.25) is 0 Å². The second-order valence-electron chi connectivity index (χ2n) is 8.10. The highest BCUT2D eigenvalue weighted by molar-refractivity contribution is 7.99. The van der Waals surface area contributed by atoms with E-state index in [-0.39, 0.29) is 5.91 Å². The van der Waals surface area contributed by atoms with Gasteiger partial charge < -0.3 is 14.6 Å². The van der Waals surface area contributed by atoms with Crippen LogP contribution in [0.25, 0.3) is 11.6 Å². The molecule has 1 aromatic carbocycles. The van der Waals surface area contributed by atoms with E-state index in [2.05, 4.69) is 32.5 Å². The van der Waals surface area contributed by atoms with Crippen molar-refractivity contribution in [2.75, 3.05) is 31.9 Å². The number of carbonyl (C=O) groups is 1. The number of benzene rings is 1. The molecule has 170 valence electrons. The number of rotatable bonds is 10. The van der Waals surface area contributed by atoms with Crippen LogP contribution in [0.1, 0.15) is 37.7 Å². The summed E-state index contributed by atoms with van der Waals surface area (Å²) in [5, 5.41) is 12.4. The highest BCUT2D eigenvalue weighted by Crippen LogP contribution is 2.25. The molecule has 0 unspecified atom stereocenters. The standard InChI is InChI=1S/C24H31N5O2S/c30-22(25-13-9-16-28-14-6-1-2-7-15-28)19-32-24-27-26-23(21-12-8-17-31-21)29(24)18-20-10-4-3-5-11-20/h3-5,8,10-12,17H,1-2,6-7,9,13-16,18-19H2,(H,25,30). The third-order valence-corrected chi connectivity index (χ3v) is 6.61. The molecule has 1 aliphatic rings. The zero-order valence-corrected chi connectivity index (χ0v) is 19.2. The van der Waals surface area contributed by atoms with Gasteiger partial charge in [-0.15, -0.1) is 10.2 Å². The molecule has 0 atom stereocenters. The number of nitrogens with zero attached hydrogens (tertiary/aromatic N) is 4. The van der Waals surface area contributed by atoms with Gasteiger partial charge in [-0.3, -0.25) is 9.36 Å². The van der Waals surface area contributed by atoms with Crippen molar-refractivity contribution in [1.82, 2.24) is 25.0 Å². The molecule has 1 aliphatic heterocycles. The molecule has 7 nitrogen and oxygen atoms in total. The number of aromatic nitrogens is 3. The van der Waals surface area contributed by atoms with Crippen molar-refractivity contribution in [1.29, 1.82) is 0 Å². The first-order valence-corrected chi connectivity index (χ1v) is 12.4. The predicted octanol–water partition coefficient (Wildman–Crippen LogP) is 4.06. The molecule has 4 rings (SSSR count). The van der Waals surface area contributed by atoms with E-state index in [1.807, 2.05) is 34.9 Å². The minimum absolute atomic E-state index is 0.0275. The molecule has 0 radical (unpaired) electrons. The summed E-state index contributed by atoms with van der Waals surface area (Å²) in [5.41, 5.74) is 1.14. The van der Waals surface area contributed by atoms with E-state index in [1.165, 1.54) is 50.5 Å². The van der Waals surface area contributed by atoms with Crippen LogP contribution >= 0.6 is 11.8 Å². The number of furan rings is 1. The van der Waals surface area contributed by atoms with Gasteiger partial charge in [0.15, 0.2) is 10.9 Å². The van der Waals surface area contributed by atoms with E-state index in [0.717, 1.165) is 18.5 Å². The van der Waals surface area contributed by atoms with E-state index < -0.39 is 0 Å². The number of amides is 1. The summed E-state index contributed by atoms with van der Waals surface area (Å²) in [6.45, 7) is 4.77. The van der Waals surface area contributed by atoms with E-state index in [1.54, 1.807) is 6.26 Å². The van der Waals surface area contributed by atoms with Gasteiger partial charge in [-0.25, -0.2) is 0 Å². The van der Waals surface area contributed by atoms with Crippen LogP contribution in [0.4, 0.5) is 0 Å². The van der Waals surface area contributed by atoms with E-state index in [9.17, 15) is 4.79 Å². The van der Waals surface area contributed by atoms with Crippen molar-refractivity contribution < 1.29 is 9.21 Å². The summed E-state index contributed by atoms with van der Waals surface area (Å²) >= 11 is 1.41. The molecular formula is C24H31N5O2S. The van der Waals surface area contributed by atoms with Crippen LogP contribution in [0.5, 0.6) is 0 Å². The fourth-order valence-electron chi connectivity index (χ4n) is 3.96. The SMILES string of the molecule is O=C(CSc1nnc(-c2ccco2)n1Cc1ccccc1)NCCCN1CCCCCC1. The van der Waals surface area contributed by atoms with Gasteiger partial charge in [0, 0.05) is 6.54 Å². The molecular weight excluding hydrogens is 422 g/mol. The third-order valence-electron chi connectivity index (χ3n) is 5.65. The van der Waals surface area contributed by atoms with Gasteiger partial charge in [-0.1, -0.05) is 54.9 Å². The van der Waals surface area contributed by atoms with Gasteiger partial charge in [0.05, 0.1) is 18.6 Å². The zero-order valence-electron chi connectivity index (χ0n) is 18.4. The van der Waals surface area contributed by atoms with Crippen molar-refractivity contribution in [3.8, 4) is 11.6 Å². The minimum Gasteiger partial charge on any atom is -0.461 e. The molecule has 2 aromatic heterocycles. The maximum absolute atomic E-state index is 12.4. The molecule has 1 fully saturated rings. The summed E-state index contributed by atoms with van der Waals surface area (Å²) in [5.74, 6) is 1.67. The highest BCUT2D eigenvalue weighted by Gasteiger charge is 2.18. The first-order chi connectivity index (χ1) is 15.8. The Kier molecular flexibility index (Phi) is 8.39. The maximum Gasteiger partial charge on any atom is 0.230 e. The van der Waals surface area contributed by atoms with Crippen molar-refractivity contribution in [3.63, 3.8) is 0 Å². The lowest BCUT2D eigenvalue weighted by Gasteiger charge is -2.19. The van der Waals surface area contributed by atoms with Crippen LogP contribution in [0, 0.1) is 0 Å². The lowest BCUT2D eigenvalue weighted by Crippen LogP contribution is -2.31. The summed E-state index contributed by atoms with van der Waals surface area (Å²) in [6, 6.07) is 13.9. The fraction of sp³-hybridized carbons (Fsp3) is 0.458. The molecule has 1 amide bonds. The molecule has 0 saturated carbocycles. The Morgan fingerprint density at radius 1 is 1.03 bits per heavy atom. The summed E-state index contributed by atoms with van der Waals surface area (Å²) < 4.78 is 7.55. The quantitative estimate of drug-likeness (QED) is 0.369. The number of thioether (sulfide) groups is 1. The first-order valence-electron chi connectivity index (χ1n) is 11.4. The van der Waals surface area contributed by atoms with Gasteiger partial charge in [-0.2, -0.15) is 0 Å². The second-order valence-corrected chi connectivity index (χ2v) is 9.05. The van der Waals surface area contributed by atoms with Crippen molar-refractivity contribution in [3.05, 3.63) is 54.3 Å². The molecule has 3 heterocycles. The molecule has 8 heteroatoms. The molecule has 32 heavy (non-hydrogen) atoms. The lowest BCUT2D eigenvalue weighted by atomic mass is 10.2. The van der Waals surface area contributed by atoms with Crippen molar-refractivity contribution in [2.45, 2.75) is 43.8 Å². The first kappa shape index (κ1) is 22.6. The molecule has 0 bridgehead atoms. The van der Waals surface area contributed by atoms with Crippen LogP contribution in [0.3, 0.4) is 0 Å². The van der Waals surface area contributed by atoms with Gasteiger partial charge in [0.25, 0.3) is 0 Å². The number of hydrogen-bond acceptors (Lipinski definition) is 6. The Labute approximate surface area is 193 Å². The predicted molar refractivity (Wildman–Crippen MR) is 127 cm³/mol. The number of nitrogens with one attached hydrogen (secondary N) is 1. The van der Waals surface area contributed by atoms with Crippen LogP contribution in [-0.4, -0.2) is 57.5 Å². The molecule has 3 aromatic rings. The smallest absolute Gasteiger partial charge is 0.230 e. The second kappa shape index (κ2) is 11.9. The summed E-state index contributed by atoms with van der Waals surface area (Å²) in [6.07, 6.45) is 7.91. The number of hydrogen-bond donors (Lipinski definition) is 1.